The summed E-state index contributed by atoms with van der Waals surface area (Å²) in [4.78, 5) is 27.3. The molecule has 0 saturated carbocycles. The van der Waals surface area contributed by atoms with Crippen LogP contribution in [-0.4, -0.2) is 42.5 Å². The zero-order valence-corrected chi connectivity index (χ0v) is 22.7. The third kappa shape index (κ3) is 6.86. The SMILES string of the molecule is CC[C@@H]1[C@H](C(F)(F)F)C(N(Cc2cc(C(F)(F)F)cc(C(F)(F)F)c2)C(=O)OC)c2ccccc2N1C(=O)OC(C)C. The second-order valence-corrected chi connectivity index (χ2v) is 9.86. The van der Waals surface area contributed by atoms with Gasteiger partial charge in [0, 0.05) is 6.54 Å². The number of halogens is 9. The molecule has 15 heteroatoms. The summed E-state index contributed by atoms with van der Waals surface area (Å²) < 4.78 is 136. The smallest absolute Gasteiger partial charge is 0.416 e. The van der Waals surface area contributed by atoms with Gasteiger partial charge in [-0.3, -0.25) is 9.80 Å². The van der Waals surface area contributed by atoms with Crippen molar-refractivity contribution >= 4 is 17.9 Å². The maximum Gasteiger partial charge on any atom is 0.416 e. The number of methoxy groups -OCH3 is 1. The first-order valence-electron chi connectivity index (χ1n) is 12.6. The monoisotopic (exact) mass is 614 g/mol. The summed E-state index contributed by atoms with van der Waals surface area (Å²) in [5.41, 5.74) is -4.46. The number of rotatable bonds is 5. The van der Waals surface area contributed by atoms with E-state index < -0.39 is 78.1 Å². The van der Waals surface area contributed by atoms with E-state index in [0.29, 0.717) is 17.0 Å². The van der Waals surface area contributed by atoms with E-state index in [9.17, 15) is 49.1 Å². The van der Waals surface area contributed by atoms with Gasteiger partial charge in [-0.15, -0.1) is 0 Å². The fourth-order valence-corrected chi connectivity index (χ4v) is 5.09. The van der Waals surface area contributed by atoms with Gasteiger partial charge < -0.3 is 9.47 Å². The van der Waals surface area contributed by atoms with Crippen LogP contribution in [0.3, 0.4) is 0 Å². The lowest BCUT2D eigenvalue weighted by Crippen LogP contribution is -2.58. The second kappa shape index (κ2) is 11.9. The van der Waals surface area contributed by atoms with Crippen LogP contribution >= 0.6 is 0 Å². The Labute approximate surface area is 235 Å². The Hall–Kier alpha value is -3.65. The Balaban J connectivity index is 2.29. The molecule has 0 radical (unpaired) electrons. The molecule has 3 rings (SSSR count). The van der Waals surface area contributed by atoms with E-state index in [1.54, 1.807) is 0 Å². The summed E-state index contributed by atoms with van der Waals surface area (Å²) in [7, 11) is 0.809. The van der Waals surface area contributed by atoms with Crippen molar-refractivity contribution in [2.75, 3.05) is 12.0 Å². The minimum atomic E-state index is -5.23. The minimum Gasteiger partial charge on any atom is -0.453 e. The van der Waals surface area contributed by atoms with Gasteiger partial charge in [-0.2, -0.15) is 39.5 Å². The lowest BCUT2D eigenvalue weighted by molar-refractivity contribution is -0.199. The number of carbonyl (C=O) groups is 2. The van der Waals surface area contributed by atoms with E-state index in [0.717, 1.165) is 12.0 Å². The summed E-state index contributed by atoms with van der Waals surface area (Å²) in [6.45, 7) is 3.22. The first kappa shape index (κ1) is 32.9. The van der Waals surface area contributed by atoms with Gasteiger partial charge in [0.25, 0.3) is 0 Å². The number of para-hydroxylation sites is 1. The molecule has 2 aromatic rings. The molecule has 1 aliphatic heterocycles. The number of hydrogen-bond donors (Lipinski definition) is 0. The molecule has 1 heterocycles. The molecule has 42 heavy (non-hydrogen) atoms. The average molecular weight is 615 g/mol. The Morgan fingerprint density at radius 2 is 1.48 bits per heavy atom. The largest absolute Gasteiger partial charge is 0.453 e. The maximum atomic E-state index is 14.9. The predicted molar refractivity (Wildman–Crippen MR) is 131 cm³/mol. The van der Waals surface area contributed by atoms with Crippen LogP contribution in [0.5, 0.6) is 0 Å². The van der Waals surface area contributed by atoms with Crippen molar-refractivity contribution in [3.63, 3.8) is 0 Å². The molecule has 3 atom stereocenters. The summed E-state index contributed by atoms with van der Waals surface area (Å²) >= 11 is 0. The van der Waals surface area contributed by atoms with Crippen molar-refractivity contribution in [2.24, 2.45) is 5.92 Å². The third-order valence-corrected chi connectivity index (χ3v) is 6.68. The Morgan fingerprint density at radius 1 is 0.929 bits per heavy atom. The number of amides is 2. The minimum absolute atomic E-state index is 0.0746. The molecule has 232 valence electrons. The molecule has 1 aliphatic rings. The quantitative estimate of drug-likeness (QED) is 0.318. The number of benzene rings is 2. The van der Waals surface area contributed by atoms with Crippen molar-refractivity contribution in [3.8, 4) is 0 Å². The molecule has 2 aromatic carbocycles. The Bertz CT molecular complexity index is 1260. The van der Waals surface area contributed by atoms with Crippen LogP contribution in [0.4, 0.5) is 54.8 Å². The number of anilines is 1. The molecule has 0 fully saturated rings. The number of nitrogens with zero attached hydrogens (tertiary/aromatic N) is 2. The molecule has 0 spiro atoms. The summed E-state index contributed by atoms with van der Waals surface area (Å²) in [6.07, 6.45) is -19.1. The van der Waals surface area contributed by atoms with Gasteiger partial charge in [0.15, 0.2) is 0 Å². The van der Waals surface area contributed by atoms with E-state index in [1.807, 2.05) is 0 Å². The van der Waals surface area contributed by atoms with E-state index in [4.69, 9.17) is 4.74 Å². The molecular weight excluding hydrogens is 587 g/mol. The van der Waals surface area contributed by atoms with Crippen molar-refractivity contribution in [3.05, 3.63) is 64.7 Å². The van der Waals surface area contributed by atoms with Crippen LogP contribution in [0.2, 0.25) is 0 Å². The number of hydrogen-bond acceptors (Lipinski definition) is 4. The molecule has 2 amide bonds. The van der Waals surface area contributed by atoms with Crippen LogP contribution in [0.25, 0.3) is 0 Å². The maximum absolute atomic E-state index is 14.9. The van der Waals surface area contributed by atoms with Crippen LogP contribution in [-0.2, 0) is 28.4 Å². The van der Waals surface area contributed by atoms with E-state index >= 15 is 0 Å². The van der Waals surface area contributed by atoms with Crippen LogP contribution in [0.1, 0.15) is 55.5 Å². The highest BCUT2D eigenvalue weighted by atomic mass is 19.4. The fourth-order valence-electron chi connectivity index (χ4n) is 5.09. The molecule has 0 aliphatic carbocycles. The summed E-state index contributed by atoms with van der Waals surface area (Å²) in [5.74, 6) is -2.54. The zero-order chi connectivity index (χ0) is 31.8. The molecule has 0 saturated heterocycles. The van der Waals surface area contributed by atoms with E-state index in [2.05, 4.69) is 4.74 Å². The number of alkyl halides is 9. The molecule has 1 unspecified atom stereocenters. The standard InChI is InChI=1S/C27H27F9N2O4/c1-5-19-21(27(34,35)36)22(18-8-6-7-9-20(18)38(19)24(40)42-14(2)3)37(23(39)41-4)13-15-10-16(25(28,29)30)12-17(11-15)26(31,32)33/h6-12,14,19,21-22H,5,13H2,1-4H3/t19-,21+,22?/m1/s1. The fraction of sp³-hybridized carbons (Fsp3) is 0.481. The number of ether oxygens (including phenoxy) is 2. The molecule has 0 N–H and O–H groups in total. The van der Waals surface area contributed by atoms with E-state index in [1.165, 1.54) is 45.0 Å². The number of fused-ring (bicyclic) bond motifs is 1. The van der Waals surface area contributed by atoms with Crippen LogP contribution < -0.4 is 4.90 Å². The molecule has 6 nitrogen and oxygen atoms in total. The normalized spacial score (nSPS) is 19.4. The highest BCUT2D eigenvalue weighted by Gasteiger charge is 2.58. The predicted octanol–water partition coefficient (Wildman–Crippen LogP) is 8.36. The van der Waals surface area contributed by atoms with Gasteiger partial charge in [-0.05, 0) is 55.7 Å². The molecular formula is C27H27F9N2O4. The Morgan fingerprint density at radius 3 is 1.93 bits per heavy atom. The first-order chi connectivity index (χ1) is 19.3. The topological polar surface area (TPSA) is 59.1 Å². The van der Waals surface area contributed by atoms with Gasteiger partial charge in [0.05, 0.1) is 42.1 Å². The van der Waals surface area contributed by atoms with Crippen LogP contribution in [0.15, 0.2) is 42.5 Å². The van der Waals surface area contributed by atoms with Crippen molar-refractivity contribution < 1.29 is 58.6 Å². The van der Waals surface area contributed by atoms with Gasteiger partial charge in [-0.25, -0.2) is 9.59 Å². The van der Waals surface area contributed by atoms with Gasteiger partial charge in [-0.1, -0.05) is 25.1 Å². The van der Waals surface area contributed by atoms with E-state index in [-0.39, 0.29) is 23.7 Å². The average Bonchev–Trinajstić information content (AvgIpc) is 2.87. The van der Waals surface area contributed by atoms with Crippen molar-refractivity contribution in [1.29, 1.82) is 0 Å². The highest BCUT2D eigenvalue weighted by molar-refractivity contribution is 5.91. The van der Waals surface area contributed by atoms with Gasteiger partial charge in [0.1, 0.15) is 5.92 Å². The first-order valence-corrected chi connectivity index (χ1v) is 12.6. The number of carbonyl (C=O) groups excluding carboxylic acids is 2. The third-order valence-electron chi connectivity index (χ3n) is 6.68. The lowest BCUT2D eigenvalue weighted by atomic mass is 9.78. The van der Waals surface area contributed by atoms with Gasteiger partial charge >= 0.3 is 30.7 Å². The van der Waals surface area contributed by atoms with Gasteiger partial charge in [0.2, 0.25) is 0 Å². The summed E-state index contributed by atoms with van der Waals surface area (Å²) in [5, 5.41) is 0. The van der Waals surface area contributed by atoms with Crippen molar-refractivity contribution in [1.82, 2.24) is 4.90 Å². The lowest BCUT2D eigenvalue weighted by Gasteiger charge is -2.49. The Kier molecular flexibility index (Phi) is 9.32. The molecule has 0 bridgehead atoms. The second-order valence-electron chi connectivity index (χ2n) is 9.86. The summed E-state index contributed by atoms with van der Waals surface area (Å²) in [6, 6.07) is 2.06. The zero-order valence-electron chi connectivity index (χ0n) is 22.7. The van der Waals surface area contributed by atoms with Crippen LogP contribution in [0, 0.1) is 5.92 Å². The highest BCUT2D eigenvalue weighted by Crippen LogP contribution is 2.52. The molecule has 0 aromatic heterocycles. The van der Waals surface area contributed by atoms with Crippen molar-refractivity contribution in [2.45, 2.75) is 70.5 Å².